The Balaban J connectivity index is 1.10. The first-order valence-electron chi connectivity index (χ1n) is 15.2. The number of imide groups is 1. The Bertz CT molecular complexity index is 1820. The van der Waals surface area contributed by atoms with Crippen LogP contribution in [0.15, 0.2) is 54.9 Å². The van der Waals surface area contributed by atoms with Gasteiger partial charge in [0.2, 0.25) is 5.91 Å². The lowest BCUT2D eigenvalue weighted by molar-refractivity contribution is -0.202. The monoisotopic (exact) mass is 674 g/mol. The van der Waals surface area contributed by atoms with Crippen molar-refractivity contribution in [1.29, 1.82) is 0 Å². The lowest BCUT2D eigenvalue weighted by Crippen LogP contribution is -2.54. The van der Waals surface area contributed by atoms with Crippen molar-refractivity contribution in [2.24, 2.45) is 0 Å². The van der Waals surface area contributed by atoms with E-state index in [4.69, 9.17) is 0 Å². The van der Waals surface area contributed by atoms with Gasteiger partial charge in [-0.25, -0.2) is 18.0 Å². The molecule has 2 saturated heterocycles. The van der Waals surface area contributed by atoms with E-state index in [0.717, 1.165) is 12.1 Å². The number of urea groups is 1. The topological polar surface area (TPSA) is 108 Å². The number of nitrogens with zero attached hydrogens (tertiary/aromatic N) is 5. The average Bonchev–Trinajstić information content (AvgIpc) is 3.53. The van der Waals surface area contributed by atoms with Gasteiger partial charge < -0.3 is 10.2 Å². The number of amides is 4. The molecule has 2 aromatic carbocycles. The first-order chi connectivity index (χ1) is 22.7. The van der Waals surface area contributed by atoms with Gasteiger partial charge in [0, 0.05) is 43.4 Å². The highest BCUT2D eigenvalue weighted by molar-refractivity contribution is 6.17. The Morgan fingerprint density at radius 2 is 1.75 bits per heavy atom. The maximum absolute atomic E-state index is 14.2. The van der Waals surface area contributed by atoms with Crippen LogP contribution < -0.4 is 5.32 Å². The number of likely N-dealkylation sites (tertiary alicyclic amines) is 1. The van der Waals surface area contributed by atoms with Gasteiger partial charge in [-0.3, -0.25) is 28.9 Å². The zero-order valence-electron chi connectivity index (χ0n) is 25.1. The lowest BCUT2D eigenvalue weighted by Gasteiger charge is -2.38. The second kappa shape index (κ2) is 11.2. The second-order valence-corrected chi connectivity index (χ2v) is 12.7. The van der Waals surface area contributed by atoms with E-state index >= 15 is 0 Å². The van der Waals surface area contributed by atoms with Crippen LogP contribution in [0.1, 0.15) is 46.8 Å². The molecule has 2 aliphatic carbocycles. The van der Waals surface area contributed by atoms with Crippen LogP contribution in [0, 0.1) is 5.82 Å². The number of nitrogens with one attached hydrogen (secondary N) is 1. The molecule has 4 aliphatic rings. The Labute approximate surface area is 269 Å². The molecule has 252 valence electrons. The standard InChI is InChI=1S/C32H28F6N6O4/c33-21-4-1-18(2-5-21)12-43(30(7-8-30)32(36,37)38)27(46)17-42-28(47)31(40-29(42)48)10-25(45)23-9-19(3-6-24(23)31)20-11-39-44(13-20)22-14-41(15-22)16-26(34)35/h1-6,9,11,13,22,26H,7-8,10,12,14-17H2,(H,40,48)/t31-/m0/s1. The summed E-state index contributed by atoms with van der Waals surface area (Å²) >= 11 is 0. The van der Waals surface area contributed by atoms with Gasteiger partial charge in [0.25, 0.3) is 12.3 Å². The molecule has 3 fully saturated rings. The Kier molecular flexibility index (Phi) is 7.41. The zero-order valence-corrected chi connectivity index (χ0v) is 25.1. The molecule has 4 amide bonds. The van der Waals surface area contributed by atoms with Gasteiger partial charge in [0.1, 0.15) is 17.9 Å². The highest BCUT2D eigenvalue weighted by Crippen LogP contribution is 2.54. The molecule has 0 bridgehead atoms. The fourth-order valence-corrected chi connectivity index (χ4v) is 6.87. The van der Waals surface area contributed by atoms with Gasteiger partial charge in [0.15, 0.2) is 11.3 Å². The minimum absolute atomic E-state index is 0.0885. The number of fused-ring (bicyclic) bond motifs is 2. The molecule has 1 aromatic heterocycles. The molecule has 1 atom stereocenters. The Morgan fingerprint density at radius 1 is 1.04 bits per heavy atom. The van der Waals surface area contributed by atoms with E-state index in [1.165, 1.54) is 18.2 Å². The fourth-order valence-electron chi connectivity index (χ4n) is 6.87. The van der Waals surface area contributed by atoms with E-state index in [0.29, 0.717) is 34.0 Å². The van der Waals surface area contributed by atoms with Crippen LogP contribution in [-0.2, 0) is 21.7 Å². The van der Waals surface area contributed by atoms with Crippen molar-refractivity contribution >= 4 is 23.6 Å². The number of carbonyl (C=O) groups is 4. The minimum atomic E-state index is -4.79. The van der Waals surface area contributed by atoms with Crippen LogP contribution >= 0.6 is 0 Å². The fraction of sp³-hybridized carbons (Fsp3) is 0.406. The summed E-state index contributed by atoms with van der Waals surface area (Å²) in [5.74, 6) is -3.14. The van der Waals surface area contributed by atoms with Crippen LogP contribution in [0.5, 0.6) is 0 Å². The Morgan fingerprint density at radius 3 is 2.40 bits per heavy atom. The molecule has 0 unspecified atom stereocenters. The lowest BCUT2D eigenvalue weighted by atomic mass is 9.90. The summed E-state index contributed by atoms with van der Waals surface area (Å²) in [4.78, 5) is 56.4. The molecular formula is C32H28F6N6O4. The molecule has 10 nitrogen and oxygen atoms in total. The third-order valence-electron chi connectivity index (χ3n) is 9.64. The average molecular weight is 675 g/mol. The minimum Gasteiger partial charge on any atom is -0.322 e. The summed E-state index contributed by atoms with van der Waals surface area (Å²) in [6.07, 6.45) is -5.12. The van der Waals surface area contributed by atoms with Crippen molar-refractivity contribution in [2.45, 2.75) is 55.5 Å². The molecular weight excluding hydrogens is 646 g/mol. The van der Waals surface area contributed by atoms with Crippen LogP contribution in [0.3, 0.4) is 0 Å². The molecule has 1 saturated carbocycles. The van der Waals surface area contributed by atoms with Gasteiger partial charge in [-0.15, -0.1) is 0 Å². The molecule has 2 aliphatic heterocycles. The number of hydrogen-bond acceptors (Lipinski definition) is 6. The van der Waals surface area contributed by atoms with Crippen LogP contribution in [-0.4, -0.2) is 92.4 Å². The summed E-state index contributed by atoms with van der Waals surface area (Å²) in [6.45, 7) is -1.01. The molecule has 48 heavy (non-hydrogen) atoms. The highest BCUT2D eigenvalue weighted by Gasteiger charge is 2.68. The molecule has 3 aromatic rings. The maximum atomic E-state index is 14.2. The SMILES string of the molecule is O=C1C[C@]2(NC(=O)N(CC(=O)N(Cc3ccc(F)cc3)C3(C(F)(F)F)CC3)C2=O)c2ccc(-c3cnn(C4CN(CC(F)F)C4)c3)cc21. The van der Waals surface area contributed by atoms with Gasteiger partial charge >= 0.3 is 12.2 Å². The number of Topliss-reactive ketones (excluding diaryl/α,β-unsaturated/α-hetero) is 1. The van der Waals surface area contributed by atoms with Crippen molar-refractivity contribution in [3.05, 3.63) is 77.4 Å². The van der Waals surface area contributed by atoms with Gasteiger partial charge in [0.05, 0.1) is 18.8 Å². The quantitative estimate of drug-likeness (QED) is 0.269. The number of alkyl halides is 5. The van der Waals surface area contributed by atoms with Gasteiger partial charge in [-0.1, -0.05) is 24.3 Å². The summed E-state index contributed by atoms with van der Waals surface area (Å²) in [5, 5.41) is 6.85. The van der Waals surface area contributed by atoms with Crippen molar-refractivity contribution in [2.75, 3.05) is 26.2 Å². The molecule has 16 heteroatoms. The number of halogens is 6. The molecule has 1 N–H and O–H groups in total. The van der Waals surface area contributed by atoms with E-state index < -0.39 is 72.6 Å². The van der Waals surface area contributed by atoms with Crippen LogP contribution in [0.4, 0.5) is 31.1 Å². The van der Waals surface area contributed by atoms with E-state index in [-0.39, 0.29) is 42.1 Å². The summed E-state index contributed by atoms with van der Waals surface area (Å²) < 4.78 is 82.9. The van der Waals surface area contributed by atoms with Crippen LogP contribution in [0.2, 0.25) is 0 Å². The molecule has 0 radical (unpaired) electrons. The van der Waals surface area contributed by atoms with E-state index in [1.54, 1.807) is 34.1 Å². The third kappa shape index (κ3) is 5.22. The first-order valence-corrected chi connectivity index (χ1v) is 15.2. The predicted molar refractivity (Wildman–Crippen MR) is 155 cm³/mol. The van der Waals surface area contributed by atoms with Crippen LogP contribution in [0.25, 0.3) is 11.1 Å². The van der Waals surface area contributed by atoms with E-state index in [2.05, 4.69) is 10.4 Å². The summed E-state index contributed by atoms with van der Waals surface area (Å²) in [5.41, 5.74) is -2.54. The van der Waals surface area contributed by atoms with Gasteiger partial charge in [-0.2, -0.15) is 18.3 Å². The molecule has 7 rings (SSSR count). The number of benzene rings is 2. The number of ketones is 1. The van der Waals surface area contributed by atoms with E-state index in [1.807, 2.05) is 0 Å². The Hall–Kier alpha value is -4.73. The van der Waals surface area contributed by atoms with Crippen molar-refractivity contribution in [1.82, 2.24) is 29.8 Å². The summed E-state index contributed by atoms with van der Waals surface area (Å²) in [7, 11) is 0. The number of rotatable bonds is 9. The number of hydrogen-bond donors (Lipinski definition) is 1. The summed E-state index contributed by atoms with van der Waals surface area (Å²) in [6, 6.07) is 8.18. The normalized spacial score (nSPS) is 22.0. The van der Waals surface area contributed by atoms with E-state index in [9.17, 15) is 45.5 Å². The zero-order chi connectivity index (χ0) is 34.2. The third-order valence-corrected chi connectivity index (χ3v) is 9.64. The number of carbonyl (C=O) groups excluding carboxylic acids is 4. The smallest absolute Gasteiger partial charge is 0.322 e. The predicted octanol–water partition coefficient (Wildman–Crippen LogP) is 4.27. The molecule has 3 heterocycles. The van der Waals surface area contributed by atoms with Crippen molar-refractivity contribution in [3.8, 4) is 11.1 Å². The van der Waals surface area contributed by atoms with Gasteiger partial charge in [-0.05, 0) is 47.7 Å². The highest BCUT2D eigenvalue weighted by atomic mass is 19.4. The van der Waals surface area contributed by atoms with Crippen molar-refractivity contribution in [3.63, 3.8) is 0 Å². The number of aromatic nitrogens is 2. The largest absolute Gasteiger partial charge is 0.411 e. The maximum Gasteiger partial charge on any atom is 0.411 e. The molecule has 1 spiro atoms. The first kappa shape index (κ1) is 31.8. The van der Waals surface area contributed by atoms with Crippen molar-refractivity contribution < 1.29 is 45.5 Å². The second-order valence-electron chi connectivity index (χ2n) is 12.7.